The Hall–Kier alpha value is -0.480. The van der Waals surface area contributed by atoms with E-state index < -0.39 is 5.92 Å². The molecule has 2 nitrogen and oxygen atoms in total. The van der Waals surface area contributed by atoms with Gasteiger partial charge in [-0.05, 0) is 6.92 Å². The van der Waals surface area contributed by atoms with Crippen molar-refractivity contribution in [2.75, 3.05) is 32.8 Å². The van der Waals surface area contributed by atoms with Crippen LogP contribution < -0.4 is 0 Å². The molecule has 0 atom stereocenters. The highest BCUT2D eigenvalue weighted by atomic mass is 19.3. The van der Waals surface area contributed by atoms with E-state index in [0.29, 0.717) is 19.8 Å². The second kappa shape index (κ2) is 4.08. The van der Waals surface area contributed by atoms with Crippen molar-refractivity contribution in [2.45, 2.75) is 25.7 Å². The number of nitrogens with zero attached hydrogens (tertiary/aromatic N) is 1. The Morgan fingerprint density at radius 3 is 2.31 bits per heavy atom. The van der Waals surface area contributed by atoms with Crippen molar-refractivity contribution >= 4 is 0 Å². The van der Waals surface area contributed by atoms with Crippen LogP contribution in [0.3, 0.4) is 0 Å². The second-order valence-electron chi connectivity index (χ2n) is 5.16. The van der Waals surface area contributed by atoms with E-state index in [9.17, 15) is 8.78 Å². The molecule has 1 aliphatic carbocycles. The summed E-state index contributed by atoms with van der Waals surface area (Å²) in [5.41, 5.74) is 0.533. The smallest absolute Gasteiger partial charge is 0.249 e. The van der Waals surface area contributed by atoms with Crippen LogP contribution in [-0.4, -0.2) is 43.7 Å². The first-order valence-corrected chi connectivity index (χ1v) is 5.78. The van der Waals surface area contributed by atoms with Gasteiger partial charge in [0.1, 0.15) is 0 Å². The maximum absolute atomic E-state index is 13.1. The molecule has 16 heavy (non-hydrogen) atoms. The fourth-order valence-corrected chi connectivity index (χ4v) is 2.67. The number of hydrogen-bond donors (Lipinski definition) is 0. The van der Waals surface area contributed by atoms with Crippen LogP contribution in [0.25, 0.3) is 0 Å². The Balaban J connectivity index is 1.96. The lowest BCUT2D eigenvalue weighted by Gasteiger charge is -2.50. The van der Waals surface area contributed by atoms with Crippen molar-refractivity contribution in [2.24, 2.45) is 5.41 Å². The van der Waals surface area contributed by atoms with Gasteiger partial charge in [-0.1, -0.05) is 12.2 Å². The Morgan fingerprint density at radius 2 is 1.88 bits per heavy atom. The number of rotatable bonds is 3. The molecular weight excluding hydrogens is 212 g/mol. The Kier molecular flexibility index (Phi) is 3.05. The third kappa shape index (κ3) is 2.28. The van der Waals surface area contributed by atoms with E-state index in [4.69, 9.17) is 4.74 Å². The first-order valence-electron chi connectivity index (χ1n) is 5.78. The summed E-state index contributed by atoms with van der Waals surface area (Å²) < 4.78 is 31.4. The van der Waals surface area contributed by atoms with Crippen LogP contribution in [0.5, 0.6) is 0 Å². The average molecular weight is 231 g/mol. The minimum absolute atomic E-state index is 0.0350. The first kappa shape index (κ1) is 12.0. The molecule has 0 aromatic carbocycles. The standard InChI is InChI=1S/C12H19F2NO/c1-10(2)11(7-12(13,14)8-11)9-15-3-5-16-6-4-15/h1,3-9H2,2H3. The third-order valence-electron chi connectivity index (χ3n) is 3.73. The SMILES string of the molecule is C=C(C)C1(CN2CCOCC2)CC(F)(F)C1. The molecule has 0 bridgehead atoms. The fourth-order valence-electron chi connectivity index (χ4n) is 2.67. The van der Waals surface area contributed by atoms with Crippen molar-refractivity contribution in [1.82, 2.24) is 4.90 Å². The fraction of sp³-hybridized carbons (Fsp3) is 0.833. The third-order valence-corrected chi connectivity index (χ3v) is 3.73. The van der Waals surface area contributed by atoms with E-state index in [1.54, 1.807) is 0 Å². The number of halogens is 2. The molecule has 1 saturated carbocycles. The lowest BCUT2D eigenvalue weighted by atomic mass is 9.62. The van der Waals surface area contributed by atoms with Gasteiger partial charge in [0.15, 0.2) is 0 Å². The largest absolute Gasteiger partial charge is 0.379 e. The van der Waals surface area contributed by atoms with E-state index in [-0.39, 0.29) is 18.3 Å². The molecule has 2 fully saturated rings. The zero-order chi connectivity index (χ0) is 11.8. The number of alkyl halides is 2. The van der Waals surface area contributed by atoms with Gasteiger partial charge in [-0.3, -0.25) is 4.90 Å². The zero-order valence-electron chi connectivity index (χ0n) is 9.77. The summed E-state index contributed by atoms with van der Waals surface area (Å²) in [5, 5.41) is 0. The Labute approximate surface area is 95.3 Å². The molecule has 2 rings (SSSR count). The predicted octanol–water partition coefficient (Wildman–Crippen LogP) is 2.31. The van der Waals surface area contributed by atoms with Crippen LogP contribution in [0.2, 0.25) is 0 Å². The molecule has 0 amide bonds. The zero-order valence-corrected chi connectivity index (χ0v) is 9.77. The molecule has 1 saturated heterocycles. The molecule has 1 heterocycles. The van der Waals surface area contributed by atoms with Crippen molar-refractivity contribution in [3.8, 4) is 0 Å². The highest BCUT2D eigenvalue weighted by Gasteiger charge is 2.57. The number of ether oxygens (including phenoxy) is 1. The normalized spacial score (nSPS) is 28.4. The predicted molar refractivity (Wildman–Crippen MR) is 58.7 cm³/mol. The summed E-state index contributed by atoms with van der Waals surface area (Å²) in [6.45, 7) is 9.59. The van der Waals surface area contributed by atoms with Crippen LogP contribution in [0.4, 0.5) is 8.78 Å². The van der Waals surface area contributed by atoms with Gasteiger partial charge in [-0.2, -0.15) is 0 Å². The monoisotopic (exact) mass is 231 g/mol. The highest BCUT2D eigenvalue weighted by Crippen LogP contribution is 2.55. The summed E-state index contributed by atoms with van der Waals surface area (Å²) in [6.07, 6.45) is -0.0701. The summed E-state index contributed by atoms with van der Waals surface area (Å²) in [4.78, 5) is 2.22. The van der Waals surface area contributed by atoms with E-state index in [2.05, 4.69) is 11.5 Å². The quantitative estimate of drug-likeness (QED) is 0.691. The number of hydrogen-bond acceptors (Lipinski definition) is 2. The first-order chi connectivity index (χ1) is 7.44. The lowest BCUT2D eigenvalue weighted by molar-refractivity contribution is -0.156. The minimum Gasteiger partial charge on any atom is -0.379 e. The van der Waals surface area contributed by atoms with Gasteiger partial charge in [-0.15, -0.1) is 0 Å². The van der Waals surface area contributed by atoms with E-state index in [1.807, 2.05) is 6.92 Å². The minimum atomic E-state index is -2.48. The molecule has 0 spiro atoms. The molecular formula is C12H19F2NO. The Bertz CT molecular complexity index is 277. The lowest BCUT2D eigenvalue weighted by Crippen LogP contribution is -2.54. The van der Waals surface area contributed by atoms with Gasteiger partial charge in [0.2, 0.25) is 5.92 Å². The number of morpholine rings is 1. The molecule has 0 aromatic heterocycles. The van der Waals surface area contributed by atoms with E-state index in [0.717, 1.165) is 18.7 Å². The van der Waals surface area contributed by atoms with Gasteiger partial charge >= 0.3 is 0 Å². The van der Waals surface area contributed by atoms with Crippen molar-refractivity contribution in [3.63, 3.8) is 0 Å². The summed E-state index contributed by atoms with van der Waals surface area (Å²) >= 11 is 0. The summed E-state index contributed by atoms with van der Waals surface area (Å²) in [5.74, 6) is -2.48. The molecule has 0 radical (unpaired) electrons. The Morgan fingerprint density at radius 1 is 1.31 bits per heavy atom. The molecule has 92 valence electrons. The maximum atomic E-state index is 13.1. The van der Waals surface area contributed by atoms with E-state index in [1.165, 1.54) is 0 Å². The second-order valence-corrected chi connectivity index (χ2v) is 5.16. The van der Waals surface area contributed by atoms with Crippen LogP contribution >= 0.6 is 0 Å². The molecule has 4 heteroatoms. The van der Waals surface area contributed by atoms with Crippen LogP contribution in [0.1, 0.15) is 19.8 Å². The van der Waals surface area contributed by atoms with Gasteiger partial charge in [0.05, 0.1) is 13.2 Å². The van der Waals surface area contributed by atoms with Gasteiger partial charge in [0, 0.05) is 37.9 Å². The topological polar surface area (TPSA) is 12.5 Å². The molecule has 0 unspecified atom stereocenters. The van der Waals surface area contributed by atoms with Gasteiger partial charge in [-0.25, -0.2) is 8.78 Å². The van der Waals surface area contributed by atoms with E-state index >= 15 is 0 Å². The van der Waals surface area contributed by atoms with Crippen molar-refractivity contribution in [1.29, 1.82) is 0 Å². The molecule has 2 aliphatic rings. The summed E-state index contributed by atoms with van der Waals surface area (Å²) in [6, 6.07) is 0. The van der Waals surface area contributed by atoms with Crippen molar-refractivity contribution in [3.05, 3.63) is 12.2 Å². The molecule has 1 aliphatic heterocycles. The average Bonchev–Trinajstić information content (AvgIpc) is 2.15. The summed E-state index contributed by atoms with van der Waals surface area (Å²) in [7, 11) is 0. The van der Waals surface area contributed by atoms with Crippen LogP contribution in [0, 0.1) is 5.41 Å². The molecule has 0 N–H and O–H groups in total. The van der Waals surface area contributed by atoms with Crippen LogP contribution in [0.15, 0.2) is 12.2 Å². The van der Waals surface area contributed by atoms with Crippen molar-refractivity contribution < 1.29 is 13.5 Å². The van der Waals surface area contributed by atoms with Crippen LogP contribution in [-0.2, 0) is 4.74 Å². The molecule has 0 aromatic rings. The van der Waals surface area contributed by atoms with Gasteiger partial charge < -0.3 is 4.74 Å². The highest BCUT2D eigenvalue weighted by molar-refractivity contribution is 5.18. The van der Waals surface area contributed by atoms with Gasteiger partial charge in [0.25, 0.3) is 0 Å². The maximum Gasteiger partial charge on any atom is 0.249 e.